The van der Waals surface area contributed by atoms with Crippen molar-refractivity contribution in [2.24, 2.45) is 0 Å². The zero-order valence-electron chi connectivity index (χ0n) is 5.80. The highest BCUT2D eigenvalue weighted by Gasteiger charge is 2.14. The van der Waals surface area contributed by atoms with E-state index in [-0.39, 0.29) is 11.7 Å². The second-order valence-electron chi connectivity index (χ2n) is 2.34. The molecule has 1 aliphatic heterocycles. The van der Waals surface area contributed by atoms with Crippen molar-refractivity contribution in [1.82, 2.24) is 5.32 Å². The van der Waals surface area contributed by atoms with Crippen molar-refractivity contribution in [2.45, 2.75) is 12.5 Å². The molecule has 2 nitrogen and oxygen atoms in total. The maximum Gasteiger partial charge on any atom is 0.170 e. The zero-order valence-corrected chi connectivity index (χ0v) is 6.62. The summed E-state index contributed by atoms with van der Waals surface area (Å²) in [6.45, 7) is 0.917. The topological polar surface area (TPSA) is 29.1 Å². The summed E-state index contributed by atoms with van der Waals surface area (Å²) in [6.07, 6.45) is 1.13. The van der Waals surface area contributed by atoms with E-state index < -0.39 is 0 Å². The first-order valence-electron chi connectivity index (χ1n) is 3.41. The van der Waals surface area contributed by atoms with Gasteiger partial charge in [0.2, 0.25) is 0 Å². The summed E-state index contributed by atoms with van der Waals surface area (Å²) in [5.74, 6) is 1.96. The summed E-state index contributed by atoms with van der Waals surface area (Å²) < 4.78 is 0. The van der Waals surface area contributed by atoms with Gasteiger partial charge in [-0.15, -0.1) is 0 Å². The molecule has 2 radical (unpaired) electrons. The molecule has 0 amide bonds. The van der Waals surface area contributed by atoms with Crippen LogP contribution in [0.25, 0.3) is 0 Å². The average Bonchev–Trinajstić information content (AvgIpc) is 2.12. The number of thioether (sulfide) groups is 1. The summed E-state index contributed by atoms with van der Waals surface area (Å²) in [7, 11) is 5.12. The predicted octanol–water partition coefficient (Wildman–Crippen LogP) is -0.223. The van der Waals surface area contributed by atoms with Gasteiger partial charge in [-0.25, -0.2) is 0 Å². The van der Waals surface area contributed by atoms with Gasteiger partial charge in [0.15, 0.2) is 7.85 Å². The minimum atomic E-state index is -0.227. The summed E-state index contributed by atoms with van der Waals surface area (Å²) in [6, 6.07) is -0.104. The molecule has 54 valence electrons. The Kier molecular flexibility index (Phi) is 3.29. The average molecular weight is 155 g/mol. The Balaban J connectivity index is 2.35. The van der Waals surface area contributed by atoms with Gasteiger partial charge in [0, 0.05) is 5.75 Å². The van der Waals surface area contributed by atoms with Gasteiger partial charge in [-0.1, -0.05) is 0 Å². The maximum atomic E-state index is 10.7. The molecule has 0 aliphatic carbocycles. The molecular weight excluding hydrogens is 145 g/mol. The molecule has 1 unspecified atom stereocenters. The second-order valence-corrected chi connectivity index (χ2v) is 3.49. The standard InChI is InChI=1S/C6H10BNOS/c7-6(9)5-4-10-3-1-2-8-5/h5,8H,1-4H2. The van der Waals surface area contributed by atoms with Crippen LogP contribution in [0.1, 0.15) is 6.42 Å². The minimum Gasteiger partial charge on any atom is -0.311 e. The van der Waals surface area contributed by atoms with Crippen LogP contribution in [0.3, 0.4) is 0 Å². The molecule has 0 aromatic carbocycles. The fourth-order valence-corrected chi connectivity index (χ4v) is 1.93. The van der Waals surface area contributed by atoms with Crippen LogP contribution >= 0.6 is 11.8 Å². The lowest BCUT2D eigenvalue weighted by Gasteiger charge is -2.10. The Bertz CT molecular complexity index is 123. The van der Waals surface area contributed by atoms with E-state index in [9.17, 15) is 4.79 Å². The van der Waals surface area contributed by atoms with Gasteiger partial charge in [-0.2, -0.15) is 11.8 Å². The zero-order chi connectivity index (χ0) is 7.40. The summed E-state index contributed by atoms with van der Waals surface area (Å²) in [4.78, 5) is 10.7. The molecule has 10 heavy (non-hydrogen) atoms. The molecule has 0 spiro atoms. The lowest BCUT2D eigenvalue weighted by molar-refractivity contribution is -0.113. The van der Waals surface area contributed by atoms with E-state index in [1.807, 2.05) is 0 Å². The molecular formula is C6H10BNOS. The van der Waals surface area contributed by atoms with Crippen LogP contribution in [0.4, 0.5) is 0 Å². The molecule has 1 rings (SSSR count). The molecule has 4 heteroatoms. The van der Waals surface area contributed by atoms with Gasteiger partial charge in [-0.05, 0) is 18.7 Å². The van der Waals surface area contributed by atoms with E-state index in [1.54, 1.807) is 11.8 Å². The highest BCUT2D eigenvalue weighted by Crippen LogP contribution is 2.08. The van der Waals surface area contributed by atoms with Crippen LogP contribution in [0.15, 0.2) is 0 Å². The molecule has 1 N–H and O–H groups in total. The van der Waals surface area contributed by atoms with Gasteiger partial charge in [-0.3, -0.25) is 0 Å². The molecule has 0 aromatic heterocycles. The number of nitrogens with one attached hydrogen (secondary N) is 1. The second kappa shape index (κ2) is 4.03. The van der Waals surface area contributed by atoms with Gasteiger partial charge in [0.05, 0.1) is 11.7 Å². The fourth-order valence-electron chi connectivity index (χ4n) is 0.893. The number of carbonyl (C=O) groups is 1. The number of rotatable bonds is 1. The molecule has 1 fully saturated rings. The Morgan fingerprint density at radius 2 is 2.50 bits per heavy atom. The fraction of sp³-hybridized carbons (Fsp3) is 0.833. The van der Waals surface area contributed by atoms with Gasteiger partial charge >= 0.3 is 0 Å². The van der Waals surface area contributed by atoms with E-state index in [2.05, 4.69) is 5.32 Å². The Hall–Kier alpha value is 0.0449. The molecule has 0 aromatic rings. The maximum absolute atomic E-state index is 10.7. The Labute approximate surface area is 66.5 Å². The van der Waals surface area contributed by atoms with Crippen LogP contribution in [0.5, 0.6) is 0 Å². The normalized spacial score (nSPS) is 27.4. The Morgan fingerprint density at radius 1 is 1.70 bits per heavy atom. The van der Waals surface area contributed by atoms with Crippen molar-refractivity contribution in [2.75, 3.05) is 18.1 Å². The van der Waals surface area contributed by atoms with E-state index >= 15 is 0 Å². The number of hydrogen-bond donors (Lipinski definition) is 1. The minimum absolute atomic E-state index is 0.104. The van der Waals surface area contributed by atoms with E-state index in [1.165, 1.54) is 0 Å². The number of hydrogen-bond acceptors (Lipinski definition) is 3. The number of carbonyl (C=O) groups excluding carboxylic acids is 1. The third-order valence-electron chi connectivity index (χ3n) is 1.48. The van der Waals surface area contributed by atoms with Crippen LogP contribution in [-0.4, -0.2) is 37.6 Å². The first-order valence-corrected chi connectivity index (χ1v) is 4.56. The van der Waals surface area contributed by atoms with Gasteiger partial charge in [0.25, 0.3) is 0 Å². The third-order valence-corrected chi connectivity index (χ3v) is 2.63. The summed E-state index contributed by atoms with van der Waals surface area (Å²) in [5.41, 5.74) is -0.227. The SMILES string of the molecule is [B]C(=O)C1CSCCCN1. The lowest BCUT2D eigenvalue weighted by atomic mass is 9.96. The largest absolute Gasteiger partial charge is 0.311 e. The smallest absolute Gasteiger partial charge is 0.170 e. The van der Waals surface area contributed by atoms with Crippen LogP contribution in [-0.2, 0) is 4.79 Å². The molecule has 0 bridgehead atoms. The summed E-state index contributed by atoms with van der Waals surface area (Å²) in [5, 5.41) is 3.09. The van der Waals surface area contributed by atoms with Crippen LogP contribution < -0.4 is 5.32 Å². The van der Waals surface area contributed by atoms with E-state index in [0.29, 0.717) is 0 Å². The lowest BCUT2D eigenvalue weighted by Crippen LogP contribution is -2.38. The van der Waals surface area contributed by atoms with Crippen LogP contribution in [0, 0.1) is 0 Å². The monoisotopic (exact) mass is 155 g/mol. The van der Waals surface area contributed by atoms with Crippen molar-refractivity contribution < 1.29 is 4.79 Å². The van der Waals surface area contributed by atoms with Crippen molar-refractivity contribution >= 4 is 25.3 Å². The van der Waals surface area contributed by atoms with Crippen LogP contribution in [0.2, 0.25) is 0 Å². The van der Waals surface area contributed by atoms with Crippen molar-refractivity contribution in [3.05, 3.63) is 0 Å². The molecule has 1 atom stereocenters. The van der Waals surface area contributed by atoms with Crippen molar-refractivity contribution in [1.29, 1.82) is 0 Å². The van der Waals surface area contributed by atoms with E-state index in [0.717, 1.165) is 24.5 Å². The van der Waals surface area contributed by atoms with Crippen molar-refractivity contribution in [3.63, 3.8) is 0 Å². The summed E-state index contributed by atoms with van der Waals surface area (Å²) >= 11 is 1.79. The van der Waals surface area contributed by atoms with Gasteiger partial charge in [0.1, 0.15) is 0 Å². The highest BCUT2D eigenvalue weighted by molar-refractivity contribution is 7.99. The highest BCUT2D eigenvalue weighted by atomic mass is 32.2. The quantitative estimate of drug-likeness (QED) is 0.530. The molecule has 1 saturated heterocycles. The van der Waals surface area contributed by atoms with Gasteiger partial charge < -0.3 is 10.1 Å². The molecule has 1 aliphatic rings. The van der Waals surface area contributed by atoms with Crippen molar-refractivity contribution in [3.8, 4) is 0 Å². The Morgan fingerprint density at radius 3 is 3.20 bits per heavy atom. The molecule has 1 heterocycles. The van der Waals surface area contributed by atoms with E-state index in [4.69, 9.17) is 7.85 Å². The molecule has 0 saturated carbocycles. The predicted molar refractivity (Wildman–Crippen MR) is 44.5 cm³/mol. The first-order chi connectivity index (χ1) is 4.80. The first kappa shape index (κ1) is 8.14. The third kappa shape index (κ3) is 2.35.